The summed E-state index contributed by atoms with van der Waals surface area (Å²) < 4.78 is 32.8. The smallest absolute Gasteiger partial charge is 0.338 e. The molecule has 3 heterocycles. The zero-order valence-corrected chi connectivity index (χ0v) is 23.1. The maximum absolute atomic E-state index is 12.3. The highest BCUT2D eigenvalue weighted by molar-refractivity contribution is 5.96. The van der Waals surface area contributed by atoms with Crippen molar-refractivity contribution in [1.82, 2.24) is 9.97 Å². The minimum atomic E-state index is -0.380. The summed E-state index contributed by atoms with van der Waals surface area (Å²) in [5, 5.41) is 3.52. The molecule has 10 nitrogen and oxygen atoms in total. The summed E-state index contributed by atoms with van der Waals surface area (Å²) in [5.74, 6) is 0.675. The van der Waals surface area contributed by atoms with Crippen molar-refractivity contribution in [3.63, 3.8) is 0 Å². The van der Waals surface area contributed by atoms with Crippen molar-refractivity contribution in [2.45, 2.75) is 19.1 Å². The summed E-state index contributed by atoms with van der Waals surface area (Å²) >= 11 is 0. The molecule has 2 aliphatic heterocycles. The average Bonchev–Trinajstić information content (AvgIpc) is 3.94. The summed E-state index contributed by atoms with van der Waals surface area (Å²) in [6.07, 6.45) is 0.0413. The number of carbonyl (C=O) groups excluding carboxylic acids is 2. The van der Waals surface area contributed by atoms with E-state index >= 15 is 0 Å². The van der Waals surface area contributed by atoms with Crippen LogP contribution in [0.3, 0.4) is 0 Å². The summed E-state index contributed by atoms with van der Waals surface area (Å²) in [5.41, 5.74) is 1.62. The molecule has 2 fully saturated rings. The van der Waals surface area contributed by atoms with E-state index in [1.54, 1.807) is 42.5 Å². The zero-order chi connectivity index (χ0) is 29.3. The van der Waals surface area contributed by atoms with E-state index in [9.17, 15) is 9.59 Å². The highest BCUT2D eigenvalue weighted by Gasteiger charge is 2.25. The second kappa shape index (κ2) is 11.3. The molecular formula is C33H26N2O8. The van der Waals surface area contributed by atoms with Gasteiger partial charge in [-0.25, -0.2) is 9.59 Å². The van der Waals surface area contributed by atoms with Gasteiger partial charge in [0.15, 0.2) is 0 Å². The molecule has 43 heavy (non-hydrogen) atoms. The molecule has 0 N–H and O–H groups in total. The third kappa shape index (κ3) is 6.56. The van der Waals surface area contributed by atoms with Gasteiger partial charge in [-0.1, -0.05) is 24.3 Å². The van der Waals surface area contributed by atoms with E-state index in [1.165, 1.54) is 0 Å². The molecule has 0 amide bonds. The molecular weight excluding hydrogens is 552 g/mol. The molecule has 216 valence electrons. The number of esters is 2. The van der Waals surface area contributed by atoms with Crippen LogP contribution in [0.15, 0.2) is 78.9 Å². The molecule has 10 heteroatoms. The van der Waals surface area contributed by atoms with Crippen molar-refractivity contribution in [2.75, 3.05) is 26.4 Å². The van der Waals surface area contributed by atoms with Crippen LogP contribution in [0, 0.1) is 6.92 Å². The van der Waals surface area contributed by atoms with Crippen LogP contribution in [-0.2, 0) is 18.9 Å². The number of rotatable bonds is 10. The van der Waals surface area contributed by atoms with Crippen molar-refractivity contribution in [3.05, 3.63) is 95.7 Å². The number of aromatic nitrogens is 2. The topological polar surface area (TPSA) is 122 Å². The first-order chi connectivity index (χ1) is 20.9. The van der Waals surface area contributed by atoms with Gasteiger partial charge in [-0.2, -0.15) is 9.97 Å². The molecule has 2 aliphatic rings. The number of ether oxygens (including phenoxy) is 6. The van der Waals surface area contributed by atoms with E-state index in [4.69, 9.17) is 28.4 Å². The van der Waals surface area contributed by atoms with Gasteiger partial charge in [-0.3, -0.25) is 0 Å². The fourth-order valence-corrected chi connectivity index (χ4v) is 4.50. The monoisotopic (exact) mass is 578 g/mol. The number of aryl methyl sites for hydroxylation is 1. The first-order valence-corrected chi connectivity index (χ1v) is 13.8. The Morgan fingerprint density at radius 2 is 1.16 bits per heavy atom. The van der Waals surface area contributed by atoms with Gasteiger partial charge in [0.2, 0.25) is 5.88 Å². The Morgan fingerprint density at radius 3 is 1.70 bits per heavy atom. The lowest BCUT2D eigenvalue weighted by atomic mass is 10.1. The van der Waals surface area contributed by atoms with Crippen LogP contribution < -0.4 is 9.47 Å². The lowest BCUT2D eigenvalue weighted by Crippen LogP contribution is -2.09. The molecule has 0 aliphatic carbocycles. The zero-order valence-electron chi connectivity index (χ0n) is 23.1. The second-order valence-corrected chi connectivity index (χ2v) is 10.4. The van der Waals surface area contributed by atoms with Gasteiger partial charge in [0.25, 0.3) is 0 Å². The van der Waals surface area contributed by atoms with Crippen molar-refractivity contribution < 1.29 is 38.0 Å². The van der Waals surface area contributed by atoms with Crippen LogP contribution in [0.4, 0.5) is 0 Å². The Bertz CT molecular complexity index is 1730. The fraction of sp³-hybridized carbons (Fsp3) is 0.212. The van der Waals surface area contributed by atoms with Gasteiger partial charge in [0.05, 0.1) is 24.3 Å². The summed E-state index contributed by atoms with van der Waals surface area (Å²) in [4.78, 5) is 33.5. The molecule has 0 radical (unpaired) electrons. The van der Waals surface area contributed by atoms with Gasteiger partial charge < -0.3 is 28.4 Å². The van der Waals surface area contributed by atoms with Crippen LogP contribution in [0.2, 0.25) is 0 Å². The number of epoxide rings is 2. The largest absolute Gasteiger partial charge is 0.459 e. The maximum atomic E-state index is 12.3. The predicted molar refractivity (Wildman–Crippen MR) is 155 cm³/mol. The third-order valence-corrected chi connectivity index (χ3v) is 6.94. The van der Waals surface area contributed by atoms with Crippen molar-refractivity contribution in [2.24, 2.45) is 0 Å². The summed E-state index contributed by atoms with van der Waals surface area (Å²) in [6.45, 7) is 3.63. The molecule has 0 spiro atoms. The predicted octanol–water partition coefficient (Wildman–Crippen LogP) is 5.79. The number of hydrogen-bond donors (Lipinski definition) is 0. The quantitative estimate of drug-likeness (QED) is 0.149. The highest BCUT2D eigenvalue weighted by Crippen LogP contribution is 2.29. The SMILES string of the molecule is Cc1cc(Oc2ccc3cc(C(=O)OCC4CO4)ccc3c2)nc(Oc2ccc3cc(C(=O)OCC4CO4)ccc3c2)n1. The number of carbonyl (C=O) groups is 2. The Hall–Kier alpha value is -5.06. The minimum absolute atomic E-state index is 0.0199. The van der Waals surface area contributed by atoms with E-state index in [2.05, 4.69) is 9.97 Å². The van der Waals surface area contributed by atoms with Gasteiger partial charge in [0, 0.05) is 11.8 Å². The van der Waals surface area contributed by atoms with Crippen molar-refractivity contribution >= 4 is 33.5 Å². The van der Waals surface area contributed by atoms with Gasteiger partial charge in [-0.05, 0) is 77.0 Å². The molecule has 2 saturated heterocycles. The Labute approximate surface area is 246 Å². The Kier molecular flexibility index (Phi) is 7.06. The van der Waals surface area contributed by atoms with Crippen molar-refractivity contribution in [3.8, 4) is 23.4 Å². The van der Waals surface area contributed by atoms with E-state index in [1.807, 2.05) is 43.3 Å². The summed E-state index contributed by atoms with van der Waals surface area (Å²) in [6, 6.07) is 23.6. The van der Waals surface area contributed by atoms with Gasteiger partial charge in [-0.15, -0.1) is 0 Å². The molecule has 5 aromatic rings. The molecule has 0 saturated carbocycles. The molecule has 2 atom stereocenters. The number of hydrogen-bond acceptors (Lipinski definition) is 10. The molecule has 0 bridgehead atoms. The highest BCUT2D eigenvalue weighted by atomic mass is 16.6. The van der Waals surface area contributed by atoms with Crippen molar-refractivity contribution in [1.29, 1.82) is 0 Å². The second-order valence-electron chi connectivity index (χ2n) is 10.4. The van der Waals surface area contributed by atoms with Crippen LogP contribution in [0.5, 0.6) is 23.4 Å². The lowest BCUT2D eigenvalue weighted by molar-refractivity contribution is 0.0469. The first kappa shape index (κ1) is 26.8. The minimum Gasteiger partial charge on any atom is -0.459 e. The fourth-order valence-electron chi connectivity index (χ4n) is 4.50. The van der Waals surface area contributed by atoms with E-state index < -0.39 is 0 Å². The number of nitrogens with zero attached hydrogens (tertiary/aromatic N) is 2. The molecule has 4 aromatic carbocycles. The van der Waals surface area contributed by atoms with Crippen LogP contribution in [0.1, 0.15) is 26.4 Å². The number of fused-ring (bicyclic) bond motifs is 2. The first-order valence-electron chi connectivity index (χ1n) is 13.8. The van der Waals surface area contributed by atoms with Gasteiger partial charge in [0.1, 0.15) is 36.9 Å². The third-order valence-electron chi connectivity index (χ3n) is 6.94. The van der Waals surface area contributed by atoms with E-state index in [0.717, 1.165) is 21.5 Å². The van der Waals surface area contributed by atoms with Crippen LogP contribution in [0.25, 0.3) is 21.5 Å². The Morgan fingerprint density at radius 1 is 0.674 bits per heavy atom. The molecule has 7 rings (SSSR count). The van der Waals surface area contributed by atoms with Gasteiger partial charge >= 0.3 is 17.9 Å². The maximum Gasteiger partial charge on any atom is 0.338 e. The standard InChI is InChI=1S/C33H26N2O8/c1-19-10-30(42-26-8-6-20-11-24(4-2-22(20)13-26)31(36)40-17-28-15-38-28)35-33(34-19)43-27-9-7-21-12-25(5-3-23(21)14-27)32(37)41-18-29-16-39-29/h2-14,28-29H,15-18H2,1H3. The van der Waals surface area contributed by atoms with Crippen LogP contribution >= 0.6 is 0 Å². The lowest BCUT2D eigenvalue weighted by Gasteiger charge is -2.10. The number of benzene rings is 4. The Balaban J connectivity index is 1.03. The molecule has 2 unspecified atom stereocenters. The van der Waals surface area contributed by atoms with E-state index in [-0.39, 0.29) is 43.4 Å². The average molecular weight is 579 g/mol. The molecule has 1 aromatic heterocycles. The van der Waals surface area contributed by atoms with Crippen LogP contribution in [-0.4, -0.2) is 60.5 Å². The summed E-state index contributed by atoms with van der Waals surface area (Å²) in [7, 11) is 0. The normalized spacial score (nSPS) is 17.0. The van der Waals surface area contributed by atoms with E-state index in [0.29, 0.717) is 47.4 Å².